The van der Waals surface area contributed by atoms with E-state index in [2.05, 4.69) is 33.7 Å². The van der Waals surface area contributed by atoms with Crippen LogP contribution in [0.3, 0.4) is 0 Å². The van der Waals surface area contributed by atoms with Crippen molar-refractivity contribution in [3.63, 3.8) is 0 Å². The summed E-state index contributed by atoms with van der Waals surface area (Å²) in [6.07, 6.45) is 3.56. The lowest BCUT2D eigenvalue weighted by Crippen LogP contribution is -2.52. The molecule has 2 fully saturated rings. The zero-order valence-electron chi connectivity index (χ0n) is 13.3. The fraction of sp³-hybridized carbons (Fsp3) is 0.556. The van der Waals surface area contributed by atoms with Crippen molar-refractivity contribution in [2.24, 2.45) is 5.92 Å². The third-order valence-corrected chi connectivity index (χ3v) is 5.13. The maximum absolute atomic E-state index is 12.7. The van der Waals surface area contributed by atoms with Crippen LogP contribution < -0.4 is 10.6 Å². The quantitative estimate of drug-likeness (QED) is 0.865. The van der Waals surface area contributed by atoms with E-state index in [1.54, 1.807) is 0 Å². The predicted octanol–water partition coefficient (Wildman–Crippen LogP) is 0.828. The largest absolute Gasteiger partial charge is 0.356 e. The molecule has 23 heavy (non-hydrogen) atoms. The minimum absolute atomic E-state index is 0.110. The van der Waals surface area contributed by atoms with Gasteiger partial charge in [0.25, 0.3) is 0 Å². The number of nitrogens with one attached hydrogen (secondary N) is 2. The molecular formula is C18H23N3O2. The van der Waals surface area contributed by atoms with Gasteiger partial charge in [0.1, 0.15) is 0 Å². The first-order chi connectivity index (χ1) is 11.2. The van der Waals surface area contributed by atoms with E-state index < -0.39 is 0 Å². The Hall–Kier alpha value is -1.88. The number of fused-ring (bicyclic) bond motifs is 1. The van der Waals surface area contributed by atoms with Crippen molar-refractivity contribution in [1.82, 2.24) is 15.5 Å². The molecule has 1 saturated heterocycles. The van der Waals surface area contributed by atoms with Gasteiger partial charge in [0.2, 0.25) is 11.8 Å². The number of amides is 2. The molecule has 3 aliphatic rings. The molecule has 2 atom stereocenters. The van der Waals surface area contributed by atoms with Gasteiger partial charge in [-0.1, -0.05) is 24.3 Å². The maximum atomic E-state index is 12.7. The number of carbonyl (C=O) groups excluding carboxylic acids is 2. The lowest BCUT2D eigenvalue weighted by atomic mass is 9.92. The molecule has 1 aromatic rings. The Balaban J connectivity index is 1.52. The summed E-state index contributed by atoms with van der Waals surface area (Å²) in [5, 5.41) is 6.05. The van der Waals surface area contributed by atoms with E-state index in [0.29, 0.717) is 18.4 Å². The third kappa shape index (κ3) is 3.24. The van der Waals surface area contributed by atoms with Gasteiger partial charge in [-0.25, -0.2) is 0 Å². The SMILES string of the molecule is O=C1CC(CN2Cc3ccccc3C[C@H]2C(=O)NC2CC2)CN1. The van der Waals surface area contributed by atoms with Crippen LogP contribution in [0.4, 0.5) is 0 Å². The van der Waals surface area contributed by atoms with E-state index in [0.717, 1.165) is 38.9 Å². The average Bonchev–Trinajstić information content (AvgIpc) is 3.27. The molecule has 2 aliphatic heterocycles. The number of hydrogen-bond acceptors (Lipinski definition) is 3. The lowest BCUT2D eigenvalue weighted by Gasteiger charge is -2.37. The van der Waals surface area contributed by atoms with Crippen molar-refractivity contribution in [1.29, 1.82) is 0 Å². The van der Waals surface area contributed by atoms with Crippen molar-refractivity contribution >= 4 is 11.8 Å². The minimum Gasteiger partial charge on any atom is -0.356 e. The highest BCUT2D eigenvalue weighted by Crippen LogP contribution is 2.27. The average molecular weight is 313 g/mol. The molecule has 2 N–H and O–H groups in total. The summed E-state index contributed by atoms with van der Waals surface area (Å²) >= 11 is 0. The van der Waals surface area contributed by atoms with E-state index in [9.17, 15) is 9.59 Å². The van der Waals surface area contributed by atoms with Crippen LogP contribution in [0.1, 0.15) is 30.4 Å². The third-order valence-electron chi connectivity index (χ3n) is 5.13. The summed E-state index contributed by atoms with van der Waals surface area (Å²) in [5.41, 5.74) is 2.58. The minimum atomic E-state index is -0.110. The van der Waals surface area contributed by atoms with Gasteiger partial charge < -0.3 is 10.6 Å². The Labute approximate surface area is 136 Å². The van der Waals surface area contributed by atoms with Crippen molar-refractivity contribution < 1.29 is 9.59 Å². The number of nitrogens with zero attached hydrogens (tertiary/aromatic N) is 1. The zero-order valence-corrected chi connectivity index (χ0v) is 13.3. The molecule has 5 nitrogen and oxygen atoms in total. The molecule has 122 valence electrons. The topological polar surface area (TPSA) is 61.4 Å². The van der Waals surface area contributed by atoms with Gasteiger partial charge in [-0.3, -0.25) is 14.5 Å². The van der Waals surface area contributed by atoms with E-state index in [1.807, 2.05) is 6.07 Å². The van der Waals surface area contributed by atoms with E-state index >= 15 is 0 Å². The van der Waals surface area contributed by atoms with E-state index in [1.165, 1.54) is 11.1 Å². The second-order valence-corrected chi connectivity index (χ2v) is 7.08. The van der Waals surface area contributed by atoms with Gasteiger partial charge in [-0.05, 0) is 36.3 Å². The number of carbonyl (C=O) groups is 2. The molecule has 2 heterocycles. The molecule has 0 spiro atoms. The summed E-state index contributed by atoms with van der Waals surface area (Å²) in [6, 6.07) is 8.66. The lowest BCUT2D eigenvalue weighted by molar-refractivity contribution is -0.127. The monoisotopic (exact) mass is 313 g/mol. The van der Waals surface area contributed by atoms with Crippen LogP contribution in [-0.2, 0) is 22.6 Å². The summed E-state index contributed by atoms with van der Waals surface area (Å²) in [5.74, 6) is 0.592. The molecule has 4 rings (SSSR count). The van der Waals surface area contributed by atoms with Crippen LogP contribution in [-0.4, -0.2) is 41.9 Å². The highest BCUT2D eigenvalue weighted by molar-refractivity contribution is 5.83. The van der Waals surface area contributed by atoms with Gasteiger partial charge in [-0.2, -0.15) is 0 Å². The normalized spacial score (nSPS) is 27.4. The number of rotatable bonds is 4. The molecule has 2 amide bonds. The van der Waals surface area contributed by atoms with Crippen molar-refractivity contribution in [3.8, 4) is 0 Å². The Morgan fingerprint density at radius 1 is 1.22 bits per heavy atom. The Kier molecular flexibility index (Phi) is 3.81. The fourth-order valence-electron chi connectivity index (χ4n) is 3.68. The first kappa shape index (κ1) is 14.7. The molecule has 1 aromatic carbocycles. The first-order valence-corrected chi connectivity index (χ1v) is 8.57. The molecule has 0 aromatic heterocycles. The van der Waals surface area contributed by atoms with Crippen LogP contribution >= 0.6 is 0 Å². The second-order valence-electron chi connectivity index (χ2n) is 7.08. The van der Waals surface area contributed by atoms with Gasteiger partial charge in [0.05, 0.1) is 6.04 Å². The Morgan fingerprint density at radius 3 is 2.70 bits per heavy atom. The summed E-state index contributed by atoms with van der Waals surface area (Å²) in [4.78, 5) is 26.4. The van der Waals surface area contributed by atoms with E-state index in [-0.39, 0.29) is 17.9 Å². The molecule has 1 unspecified atom stereocenters. The molecule has 0 bridgehead atoms. The molecular weight excluding hydrogens is 290 g/mol. The summed E-state index contributed by atoms with van der Waals surface area (Å²) < 4.78 is 0. The Morgan fingerprint density at radius 2 is 2.00 bits per heavy atom. The predicted molar refractivity (Wildman–Crippen MR) is 86.6 cm³/mol. The second kappa shape index (κ2) is 5.96. The van der Waals surface area contributed by atoms with Crippen LogP contribution in [0.2, 0.25) is 0 Å². The van der Waals surface area contributed by atoms with Crippen LogP contribution in [0, 0.1) is 5.92 Å². The first-order valence-electron chi connectivity index (χ1n) is 8.57. The summed E-state index contributed by atoms with van der Waals surface area (Å²) in [6.45, 7) is 2.33. The molecule has 1 saturated carbocycles. The van der Waals surface area contributed by atoms with Crippen molar-refractivity contribution in [2.45, 2.75) is 44.3 Å². The van der Waals surface area contributed by atoms with Crippen LogP contribution in [0.15, 0.2) is 24.3 Å². The molecule has 5 heteroatoms. The van der Waals surface area contributed by atoms with Gasteiger partial charge >= 0.3 is 0 Å². The summed E-state index contributed by atoms with van der Waals surface area (Å²) in [7, 11) is 0. The van der Waals surface area contributed by atoms with Gasteiger partial charge in [-0.15, -0.1) is 0 Å². The smallest absolute Gasteiger partial charge is 0.237 e. The number of benzene rings is 1. The highest BCUT2D eigenvalue weighted by Gasteiger charge is 2.36. The Bertz CT molecular complexity index is 626. The van der Waals surface area contributed by atoms with Crippen LogP contribution in [0.25, 0.3) is 0 Å². The van der Waals surface area contributed by atoms with Crippen LogP contribution in [0.5, 0.6) is 0 Å². The number of hydrogen-bond donors (Lipinski definition) is 2. The van der Waals surface area contributed by atoms with Crippen molar-refractivity contribution in [3.05, 3.63) is 35.4 Å². The van der Waals surface area contributed by atoms with Gasteiger partial charge in [0.15, 0.2) is 0 Å². The molecule has 0 radical (unpaired) electrons. The van der Waals surface area contributed by atoms with E-state index in [4.69, 9.17) is 0 Å². The van der Waals surface area contributed by atoms with Crippen molar-refractivity contribution in [2.75, 3.05) is 13.1 Å². The van der Waals surface area contributed by atoms with Gasteiger partial charge in [0, 0.05) is 32.1 Å². The highest BCUT2D eigenvalue weighted by atomic mass is 16.2. The maximum Gasteiger partial charge on any atom is 0.237 e. The standard InChI is InChI=1S/C18H23N3O2/c22-17-7-12(9-19-17)10-21-11-14-4-2-1-3-13(14)8-16(21)18(23)20-15-5-6-15/h1-4,12,15-16H,5-11H2,(H,19,22)(H,20,23)/t12?,16-/m0/s1. The molecule has 1 aliphatic carbocycles. The fourth-order valence-corrected chi connectivity index (χ4v) is 3.68. The zero-order chi connectivity index (χ0) is 15.8.